The Morgan fingerprint density at radius 2 is 0.964 bits per heavy atom. The van der Waals surface area contributed by atoms with Gasteiger partial charge in [-0.15, -0.1) is 0 Å². The molecule has 4 nitrogen and oxygen atoms in total. The quantitative estimate of drug-likeness (QED) is 0.484. The molecule has 0 aromatic rings. The number of amidine groups is 2. The molecule has 4 aliphatic heterocycles. The fourth-order valence-electron chi connectivity index (χ4n) is 5.90. The third-order valence-corrected chi connectivity index (χ3v) is 7.44. The maximum atomic E-state index is 2.75. The third kappa shape index (κ3) is 5.30. The Kier molecular flexibility index (Phi) is 7.69. The molecular weight excluding hydrogens is 344 g/mol. The van der Waals surface area contributed by atoms with Gasteiger partial charge in [-0.05, 0) is 64.2 Å². The van der Waals surface area contributed by atoms with Gasteiger partial charge in [0.15, 0.2) is 0 Å². The van der Waals surface area contributed by atoms with Crippen LogP contribution in [0.2, 0.25) is 0 Å². The average molecular weight is 389 g/mol. The summed E-state index contributed by atoms with van der Waals surface area (Å²) in [7, 11) is 0. The maximum absolute atomic E-state index is 2.75. The molecule has 0 radical (unpaired) electrons. The zero-order chi connectivity index (χ0) is 19.0. The number of hydrogen-bond acceptors (Lipinski definition) is 2. The van der Waals surface area contributed by atoms with E-state index in [4.69, 9.17) is 0 Å². The summed E-state index contributed by atoms with van der Waals surface area (Å²) < 4.78 is 5.42. The first-order valence-electron chi connectivity index (χ1n) is 12.6. The van der Waals surface area contributed by atoms with Gasteiger partial charge in [-0.25, -0.2) is 0 Å². The van der Waals surface area contributed by atoms with E-state index in [0.717, 1.165) is 0 Å². The van der Waals surface area contributed by atoms with Gasteiger partial charge >= 0.3 is 0 Å². The van der Waals surface area contributed by atoms with E-state index in [1.54, 1.807) is 11.7 Å². The van der Waals surface area contributed by atoms with Gasteiger partial charge < -0.3 is 0 Å². The lowest BCUT2D eigenvalue weighted by molar-refractivity contribution is -0.539. The zero-order valence-corrected chi connectivity index (χ0v) is 18.3. The van der Waals surface area contributed by atoms with E-state index in [1.165, 1.54) is 142 Å². The topological polar surface area (TPSA) is 12.5 Å². The summed E-state index contributed by atoms with van der Waals surface area (Å²) in [5.41, 5.74) is 0. The van der Waals surface area contributed by atoms with E-state index in [1.807, 2.05) is 0 Å². The highest BCUT2D eigenvalue weighted by molar-refractivity contribution is 5.78. The highest BCUT2D eigenvalue weighted by Gasteiger charge is 2.29. The first-order valence-corrected chi connectivity index (χ1v) is 12.6. The van der Waals surface area contributed by atoms with Crippen LogP contribution in [0.25, 0.3) is 0 Å². The van der Waals surface area contributed by atoms with Crippen molar-refractivity contribution in [3.8, 4) is 0 Å². The summed E-state index contributed by atoms with van der Waals surface area (Å²) in [6.07, 6.45) is 19.5. The Balaban J connectivity index is 1.16. The van der Waals surface area contributed by atoms with Crippen LogP contribution in [0.4, 0.5) is 0 Å². The van der Waals surface area contributed by atoms with Crippen LogP contribution in [0.1, 0.15) is 89.9 Å². The van der Waals surface area contributed by atoms with Gasteiger partial charge in [0.25, 0.3) is 0 Å². The largest absolute Gasteiger partial charge is 0.266 e. The Morgan fingerprint density at radius 1 is 0.500 bits per heavy atom. The minimum Gasteiger partial charge on any atom is -0.266 e. The molecule has 158 valence electrons. The van der Waals surface area contributed by atoms with Crippen LogP contribution in [0.15, 0.2) is 0 Å². The number of unbranched alkanes of at least 4 members (excludes halogenated alkanes) is 3. The van der Waals surface area contributed by atoms with Crippen molar-refractivity contribution in [2.24, 2.45) is 0 Å². The number of nitrogens with zero attached hydrogens (tertiary/aromatic N) is 4. The lowest BCUT2D eigenvalue weighted by atomic mass is 10.1. The van der Waals surface area contributed by atoms with Crippen molar-refractivity contribution in [1.29, 1.82) is 0 Å². The second-order valence-corrected chi connectivity index (χ2v) is 9.52. The molecule has 0 unspecified atom stereocenters. The van der Waals surface area contributed by atoms with Gasteiger partial charge in [0.1, 0.15) is 0 Å². The van der Waals surface area contributed by atoms with Gasteiger partial charge in [-0.2, -0.15) is 0 Å². The molecule has 0 amide bonds. The molecule has 0 spiro atoms. The molecule has 0 aromatic carbocycles. The van der Waals surface area contributed by atoms with E-state index in [-0.39, 0.29) is 0 Å². The second-order valence-electron chi connectivity index (χ2n) is 9.52. The Labute approximate surface area is 173 Å². The highest BCUT2D eigenvalue weighted by atomic mass is 15.3. The Morgan fingerprint density at radius 3 is 1.46 bits per heavy atom. The normalized spacial score (nSPS) is 24.0. The summed E-state index contributed by atoms with van der Waals surface area (Å²) in [6.45, 7) is 10.5. The van der Waals surface area contributed by atoms with Gasteiger partial charge in [-0.1, -0.05) is 0 Å². The summed E-state index contributed by atoms with van der Waals surface area (Å²) in [4.78, 5) is 5.50. The summed E-state index contributed by atoms with van der Waals surface area (Å²) in [5.74, 6) is 3.39. The predicted molar refractivity (Wildman–Crippen MR) is 118 cm³/mol. The molecule has 4 rings (SSSR count). The van der Waals surface area contributed by atoms with Crippen LogP contribution >= 0.6 is 0 Å². The predicted octanol–water partition coefficient (Wildman–Crippen LogP) is 3.93. The zero-order valence-electron chi connectivity index (χ0n) is 18.3. The lowest BCUT2D eigenvalue weighted by Crippen LogP contribution is -2.44. The van der Waals surface area contributed by atoms with Crippen molar-refractivity contribution in [1.82, 2.24) is 9.80 Å². The second kappa shape index (κ2) is 10.6. The van der Waals surface area contributed by atoms with Crippen LogP contribution in [0, 0.1) is 0 Å². The molecule has 4 heterocycles. The fraction of sp³-hybridized carbons (Fsp3) is 0.917. The fourth-order valence-corrected chi connectivity index (χ4v) is 5.90. The SMILES string of the molecule is C(CCCN1CCC[N+]2=C1CCCCC2)CCN1CCC[N+]2=C1CCCCC2. The van der Waals surface area contributed by atoms with Crippen molar-refractivity contribution >= 4 is 11.7 Å². The highest BCUT2D eigenvalue weighted by Crippen LogP contribution is 2.17. The van der Waals surface area contributed by atoms with Crippen molar-refractivity contribution in [3.05, 3.63) is 0 Å². The molecule has 4 aliphatic rings. The molecule has 0 N–H and O–H groups in total. The van der Waals surface area contributed by atoms with Crippen LogP contribution < -0.4 is 0 Å². The molecule has 0 aromatic heterocycles. The maximum Gasteiger partial charge on any atom is 0.246 e. The van der Waals surface area contributed by atoms with Gasteiger partial charge in [0, 0.05) is 25.7 Å². The van der Waals surface area contributed by atoms with E-state index < -0.39 is 0 Å². The first-order chi connectivity index (χ1) is 13.9. The van der Waals surface area contributed by atoms with Crippen LogP contribution in [-0.2, 0) is 0 Å². The molecule has 0 fully saturated rings. The van der Waals surface area contributed by atoms with E-state index in [9.17, 15) is 0 Å². The first kappa shape index (κ1) is 20.2. The third-order valence-electron chi connectivity index (χ3n) is 7.44. The lowest BCUT2D eigenvalue weighted by Gasteiger charge is -2.27. The molecule has 0 bridgehead atoms. The summed E-state index contributed by atoms with van der Waals surface area (Å²) >= 11 is 0. The summed E-state index contributed by atoms with van der Waals surface area (Å²) in [5, 5.41) is 0. The van der Waals surface area contributed by atoms with Crippen LogP contribution in [0.5, 0.6) is 0 Å². The van der Waals surface area contributed by atoms with E-state index in [2.05, 4.69) is 19.0 Å². The number of rotatable bonds is 7. The summed E-state index contributed by atoms with van der Waals surface area (Å²) in [6, 6.07) is 0. The molecule has 0 saturated heterocycles. The van der Waals surface area contributed by atoms with Gasteiger partial charge in [0.05, 0.1) is 52.4 Å². The molecule has 0 aliphatic carbocycles. The minimum absolute atomic E-state index is 1.31. The average Bonchev–Trinajstić information content (AvgIpc) is 3.11. The molecule has 28 heavy (non-hydrogen) atoms. The molecule has 0 saturated carbocycles. The van der Waals surface area contributed by atoms with E-state index in [0.29, 0.717) is 0 Å². The smallest absolute Gasteiger partial charge is 0.246 e. The minimum atomic E-state index is 1.31. The van der Waals surface area contributed by atoms with Crippen molar-refractivity contribution in [3.63, 3.8) is 0 Å². The molecule has 4 heteroatoms. The van der Waals surface area contributed by atoms with Crippen molar-refractivity contribution < 1.29 is 9.15 Å². The number of hydrogen-bond donors (Lipinski definition) is 0. The van der Waals surface area contributed by atoms with Crippen molar-refractivity contribution in [2.45, 2.75) is 89.9 Å². The molecule has 0 atom stereocenters. The van der Waals surface area contributed by atoms with Crippen molar-refractivity contribution in [2.75, 3.05) is 52.4 Å². The standard InChI is InChI=1S/C24H44N4/c1(7-15-25-19-11-21-27-17-9-3-5-13-23(25)27)2-8-16-26-20-12-22-28-18-10-4-6-14-24(26)28/h1-22H2/q+2. The molecular formula is C24H44N4+2. The monoisotopic (exact) mass is 388 g/mol. The van der Waals surface area contributed by atoms with Crippen LogP contribution in [0.3, 0.4) is 0 Å². The Bertz CT molecular complexity index is 515. The van der Waals surface area contributed by atoms with Gasteiger partial charge in [-0.3, -0.25) is 19.0 Å². The van der Waals surface area contributed by atoms with Crippen LogP contribution in [-0.4, -0.2) is 83.0 Å². The van der Waals surface area contributed by atoms with E-state index >= 15 is 0 Å². The Hall–Kier alpha value is -1.06. The van der Waals surface area contributed by atoms with Gasteiger partial charge in [0.2, 0.25) is 11.7 Å².